The standard InChI is InChI=1S/C23H40N2O5/c1-11-16-13-25(21(28)30-23(8,9)10)18(15(16)4)19(26)24-17(12-14(2)3)20(27)29-22(5,6)7/h11,14-15,17-18H,12-13H2,1-10H3,(H,24,26)/b16-11-/t15?,17-,18?/m0/s1. The molecule has 1 aliphatic rings. The highest BCUT2D eigenvalue weighted by Crippen LogP contribution is 2.31. The van der Waals surface area contributed by atoms with Crippen LogP contribution >= 0.6 is 0 Å². The maximum atomic E-state index is 13.3. The number of rotatable bonds is 5. The first-order valence-electron chi connectivity index (χ1n) is 10.7. The maximum Gasteiger partial charge on any atom is 0.411 e. The lowest BCUT2D eigenvalue weighted by Crippen LogP contribution is -2.54. The van der Waals surface area contributed by atoms with Crippen molar-refractivity contribution in [1.82, 2.24) is 10.2 Å². The molecule has 0 aliphatic carbocycles. The van der Waals surface area contributed by atoms with Gasteiger partial charge in [-0.15, -0.1) is 0 Å². The predicted molar refractivity (Wildman–Crippen MR) is 117 cm³/mol. The summed E-state index contributed by atoms with van der Waals surface area (Å²) in [6.07, 6.45) is 1.84. The minimum absolute atomic E-state index is 0.178. The summed E-state index contributed by atoms with van der Waals surface area (Å²) in [7, 11) is 0. The Morgan fingerprint density at radius 1 is 1.10 bits per heavy atom. The van der Waals surface area contributed by atoms with E-state index in [0.29, 0.717) is 13.0 Å². The Morgan fingerprint density at radius 3 is 2.07 bits per heavy atom. The van der Waals surface area contributed by atoms with Gasteiger partial charge in [0.25, 0.3) is 0 Å². The summed E-state index contributed by atoms with van der Waals surface area (Å²) in [5.41, 5.74) is -0.339. The third-order valence-electron chi connectivity index (χ3n) is 4.73. The fraction of sp³-hybridized carbons (Fsp3) is 0.783. The molecule has 1 heterocycles. The van der Waals surface area contributed by atoms with E-state index in [1.165, 1.54) is 4.90 Å². The molecule has 1 N–H and O–H groups in total. The molecule has 2 amide bonds. The van der Waals surface area contributed by atoms with Crippen LogP contribution in [0.4, 0.5) is 4.79 Å². The van der Waals surface area contributed by atoms with Crippen LogP contribution in [-0.4, -0.2) is 52.7 Å². The minimum Gasteiger partial charge on any atom is -0.458 e. The Kier molecular flexibility index (Phi) is 8.52. The molecule has 1 fully saturated rings. The highest BCUT2D eigenvalue weighted by atomic mass is 16.6. The number of carbonyl (C=O) groups is 3. The van der Waals surface area contributed by atoms with E-state index in [-0.39, 0.29) is 17.7 Å². The van der Waals surface area contributed by atoms with Crippen molar-refractivity contribution < 1.29 is 23.9 Å². The van der Waals surface area contributed by atoms with E-state index >= 15 is 0 Å². The van der Waals surface area contributed by atoms with E-state index in [1.54, 1.807) is 41.5 Å². The van der Waals surface area contributed by atoms with E-state index in [1.807, 2.05) is 33.8 Å². The zero-order chi connectivity index (χ0) is 23.4. The molecule has 0 saturated carbocycles. The van der Waals surface area contributed by atoms with Crippen LogP contribution in [0, 0.1) is 11.8 Å². The van der Waals surface area contributed by atoms with Crippen LogP contribution < -0.4 is 5.32 Å². The van der Waals surface area contributed by atoms with Crippen molar-refractivity contribution in [2.24, 2.45) is 11.8 Å². The molecular formula is C23H40N2O5. The van der Waals surface area contributed by atoms with Gasteiger partial charge in [0.1, 0.15) is 23.3 Å². The lowest BCUT2D eigenvalue weighted by atomic mass is 9.96. The number of nitrogens with zero attached hydrogens (tertiary/aromatic N) is 1. The third-order valence-corrected chi connectivity index (χ3v) is 4.73. The lowest BCUT2D eigenvalue weighted by molar-refractivity contribution is -0.159. The third kappa shape index (κ3) is 7.65. The van der Waals surface area contributed by atoms with Gasteiger partial charge in [-0.25, -0.2) is 9.59 Å². The molecule has 3 atom stereocenters. The van der Waals surface area contributed by atoms with Gasteiger partial charge in [-0.1, -0.05) is 26.8 Å². The van der Waals surface area contributed by atoms with Gasteiger partial charge in [0.15, 0.2) is 0 Å². The summed E-state index contributed by atoms with van der Waals surface area (Å²) in [6, 6.07) is -1.53. The molecule has 0 spiro atoms. The number of carbonyl (C=O) groups excluding carboxylic acids is 3. The predicted octanol–water partition coefficient (Wildman–Crippen LogP) is 4.06. The molecule has 0 bridgehead atoms. The van der Waals surface area contributed by atoms with Crippen molar-refractivity contribution in [3.05, 3.63) is 11.6 Å². The van der Waals surface area contributed by atoms with E-state index < -0.39 is 35.3 Å². The minimum atomic E-state index is -0.779. The molecule has 7 heteroatoms. The van der Waals surface area contributed by atoms with Crippen molar-refractivity contribution in [2.45, 2.75) is 98.9 Å². The van der Waals surface area contributed by atoms with Gasteiger partial charge < -0.3 is 14.8 Å². The van der Waals surface area contributed by atoms with Crippen molar-refractivity contribution in [3.63, 3.8) is 0 Å². The maximum absolute atomic E-state index is 13.3. The van der Waals surface area contributed by atoms with Gasteiger partial charge in [0.05, 0.1) is 0 Å². The quantitative estimate of drug-likeness (QED) is 0.531. The molecular weight excluding hydrogens is 384 g/mol. The Hall–Kier alpha value is -2.05. The summed E-state index contributed by atoms with van der Waals surface area (Å²) < 4.78 is 11.0. The second kappa shape index (κ2) is 9.84. The van der Waals surface area contributed by atoms with Gasteiger partial charge in [0.2, 0.25) is 5.91 Å². The van der Waals surface area contributed by atoms with Crippen LogP contribution in [0.5, 0.6) is 0 Å². The fourth-order valence-corrected chi connectivity index (χ4v) is 3.45. The first kappa shape index (κ1) is 26.0. The zero-order valence-electron chi connectivity index (χ0n) is 20.3. The number of likely N-dealkylation sites (tertiary alicyclic amines) is 1. The SMILES string of the molecule is C/C=C1/CN(C(=O)OC(C)(C)C)C(C(=O)N[C@@H](CC(C)C)C(=O)OC(C)(C)C)C1C. The van der Waals surface area contributed by atoms with Crippen molar-refractivity contribution >= 4 is 18.0 Å². The van der Waals surface area contributed by atoms with Gasteiger partial charge >= 0.3 is 12.1 Å². The van der Waals surface area contributed by atoms with Crippen molar-refractivity contribution in [1.29, 1.82) is 0 Å². The van der Waals surface area contributed by atoms with Gasteiger partial charge in [-0.05, 0) is 66.4 Å². The molecule has 0 aromatic carbocycles. The topological polar surface area (TPSA) is 84.9 Å². The number of esters is 1. The molecule has 7 nitrogen and oxygen atoms in total. The smallest absolute Gasteiger partial charge is 0.411 e. The average molecular weight is 425 g/mol. The first-order valence-corrected chi connectivity index (χ1v) is 10.7. The van der Waals surface area contributed by atoms with Crippen LogP contribution in [0.25, 0.3) is 0 Å². The van der Waals surface area contributed by atoms with Gasteiger partial charge in [0, 0.05) is 12.5 Å². The molecule has 1 saturated heterocycles. The van der Waals surface area contributed by atoms with Crippen LogP contribution in [0.1, 0.15) is 75.7 Å². The second-order valence-electron chi connectivity index (χ2n) is 10.4. The second-order valence-corrected chi connectivity index (χ2v) is 10.4. The molecule has 0 radical (unpaired) electrons. The van der Waals surface area contributed by atoms with E-state index in [2.05, 4.69) is 5.32 Å². The molecule has 0 aromatic rings. The number of allylic oxidation sites excluding steroid dienone is 1. The van der Waals surface area contributed by atoms with E-state index in [0.717, 1.165) is 5.57 Å². The van der Waals surface area contributed by atoms with Crippen molar-refractivity contribution in [2.75, 3.05) is 6.54 Å². The summed E-state index contributed by atoms with van der Waals surface area (Å²) in [6.45, 7) is 18.8. The number of ether oxygens (including phenoxy) is 2. The molecule has 2 unspecified atom stereocenters. The Labute approximate surface area is 181 Å². The summed E-state index contributed by atoms with van der Waals surface area (Å²) in [5.74, 6) is -0.843. The largest absolute Gasteiger partial charge is 0.458 e. The summed E-state index contributed by atoms with van der Waals surface area (Å²) in [5, 5.41) is 2.85. The first-order chi connectivity index (χ1) is 13.6. The number of amides is 2. The van der Waals surface area contributed by atoms with Crippen LogP contribution in [0.2, 0.25) is 0 Å². The number of hydrogen-bond donors (Lipinski definition) is 1. The van der Waals surface area contributed by atoms with Crippen LogP contribution in [-0.2, 0) is 19.1 Å². The van der Waals surface area contributed by atoms with Crippen LogP contribution in [0.3, 0.4) is 0 Å². The highest BCUT2D eigenvalue weighted by molar-refractivity contribution is 5.91. The molecule has 0 aromatic heterocycles. The number of nitrogens with one attached hydrogen (secondary N) is 1. The van der Waals surface area contributed by atoms with Gasteiger partial charge in [-0.2, -0.15) is 0 Å². The van der Waals surface area contributed by atoms with E-state index in [9.17, 15) is 14.4 Å². The fourth-order valence-electron chi connectivity index (χ4n) is 3.45. The normalized spacial score (nSPS) is 22.2. The Balaban J connectivity index is 3.11. The summed E-state index contributed by atoms with van der Waals surface area (Å²) in [4.78, 5) is 40.2. The Bertz CT molecular complexity index is 670. The van der Waals surface area contributed by atoms with Crippen LogP contribution in [0.15, 0.2) is 11.6 Å². The monoisotopic (exact) mass is 424 g/mol. The van der Waals surface area contributed by atoms with E-state index in [4.69, 9.17) is 9.47 Å². The average Bonchev–Trinajstić information content (AvgIpc) is 2.87. The Morgan fingerprint density at radius 2 is 1.63 bits per heavy atom. The van der Waals surface area contributed by atoms with Crippen molar-refractivity contribution in [3.8, 4) is 0 Å². The highest BCUT2D eigenvalue weighted by Gasteiger charge is 2.44. The zero-order valence-corrected chi connectivity index (χ0v) is 20.3. The number of hydrogen-bond acceptors (Lipinski definition) is 5. The molecule has 30 heavy (non-hydrogen) atoms. The molecule has 172 valence electrons. The van der Waals surface area contributed by atoms with Gasteiger partial charge in [-0.3, -0.25) is 9.69 Å². The lowest BCUT2D eigenvalue weighted by Gasteiger charge is -2.31. The summed E-state index contributed by atoms with van der Waals surface area (Å²) >= 11 is 0. The molecule has 1 aliphatic heterocycles. The molecule has 1 rings (SSSR count).